The van der Waals surface area contributed by atoms with Crippen LogP contribution in [0.4, 0.5) is 0 Å². The molecule has 2 unspecified atom stereocenters. The highest BCUT2D eigenvalue weighted by atomic mass is 32.3. The molecule has 8 aliphatic heterocycles. The monoisotopic (exact) mass is 2230 g/mol. The van der Waals surface area contributed by atoms with E-state index in [1.54, 1.807) is 0 Å². The van der Waals surface area contributed by atoms with Gasteiger partial charge in [-0.15, -0.1) is 0 Å². The summed E-state index contributed by atoms with van der Waals surface area (Å²) in [4.78, 5) is 64.7. The third-order valence-electron chi connectivity index (χ3n) is 20.2. The molecule has 0 spiro atoms. The average Bonchev–Trinajstić information content (AvgIpc) is 0.752. The van der Waals surface area contributed by atoms with Crippen molar-refractivity contribution in [3.05, 3.63) is 0 Å². The Balaban J connectivity index is 1.15. The Morgan fingerprint density at radius 2 is 0.547 bits per heavy atom. The zero-order valence-electron chi connectivity index (χ0n) is 68.4. The number of aliphatic carboxylic acids is 4. The zero-order valence-corrected chi connectivity index (χ0v) is 76.5. The molecular weight excluding hydrogens is 2160 g/mol. The molecule has 8 fully saturated rings. The van der Waals surface area contributed by atoms with E-state index < -0.39 is 411 Å². The summed E-state index contributed by atoms with van der Waals surface area (Å²) in [6.07, 6.45) is -111. The quantitative estimate of drug-likeness (QED) is 0.0199. The number of hydrogen-bond acceptors (Lipinski definition) is 71. The van der Waals surface area contributed by atoms with Gasteiger partial charge < -0.3 is 213 Å². The first-order valence-corrected chi connectivity index (χ1v) is 50.8. The van der Waals surface area contributed by atoms with Gasteiger partial charge in [0.2, 0.25) is 78.7 Å². The van der Waals surface area contributed by atoms with Crippen LogP contribution < -0.4 is 39.9 Å². The Labute approximate surface area is 779 Å². The molecule has 8 rings (SSSR count). The number of carboxylic acids is 4. The number of aliphatic hydroxyl groups excluding tert-OH is 10. The van der Waals surface area contributed by atoms with Crippen LogP contribution in [0.15, 0.2) is 0 Å². The van der Waals surface area contributed by atoms with Crippen LogP contribution in [0.2, 0.25) is 0 Å². The van der Waals surface area contributed by atoms with E-state index in [-0.39, 0.29) is 0 Å². The van der Waals surface area contributed by atoms with Crippen LogP contribution in [0.25, 0.3) is 0 Å². The van der Waals surface area contributed by atoms with E-state index in [2.05, 4.69) is 29.3 Å². The van der Waals surface area contributed by atoms with E-state index in [1.165, 1.54) is 20.8 Å². The summed E-state index contributed by atoms with van der Waals surface area (Å²) in [5.74, 6) is -13.7. The molecule has 810 valence electrons. The molecule has 0 aromatic carbocycles. The summed E-state index contributed by atoms with van der Waals surface area (Å²) in [6.45, 7) is -3.45. The zero-order chi connectivity index (χ0) is 106. The fraction of sp³-hybridized carbons (Fsp3) is 0.907. The third kappa shape index (κ3) is 33.0. The van der Waals surface area contributed by atoms with Gasteiger partial charge in [-0.05, 0) is 5.41 Å². The summed E-state index contributed by atoms with van der Waals surface area (Å²) < 4.78 is 478. The van der Waals surface area contributed by atoms with Crippen molar-refractivity contribution >= 4 is 133 Å². The largest absolute Gasteiger partial charge is 0.735 e. The molecule has 139 heavy (non-hydrogen) atoms. The van der Waals surface area contributed by atoms with Crippen LogP contribution in [0.1, 0.15) is 27.7 Å². The summed E-state index contributed by atoms with van der Waals surface area (Å²) >= 11 is 0. The number of ether oxygens (including phenoxy) is 15. The molecule has 75 nitrogen and oxygen atoms in total. The van der Waals surface area contributed by atoms with Crippen LogP contribution in [0.5, 0.6) is 0 Å². The second-order valence-electron chi connectivity index (χ2n) is 30.9. The lowest BCUT2D eigenvalue weighted by atomic mass is 9.71. The molecule has 0 aromatic heterocycles. The number of aliphatic hydroxyl groups is 10. The Morgan fingerprint density at radius 1 is 0.281 bits per heavy atom. The van der Waals surface area contributed by atoms with E-state index in [0.717, 1.165) is 14.2 Å². The first-order chi connectivity index (χ1) is 63.0. The number of amides is 1. The fourth-order valence-corrected chi connectivity index (χ4v) is 19.3. The number of hydrogen-bond donors (Lipinski definition) is 14. The van der Waals surface area contributed by atoms with Crippen molar-refractivity contribution in [2.24, 2.45) is 11.3 Å². The summed E-state index contributed by atoms with van der Waals surface area (Å²) in [6, 6.07) is -12.3. The average molecular weight is 2240 g/mol. The molecule has 0 aromatic rings. The van der Waals surface area contributed by atoms with Gasteiger partial charge in [0.25, 0.3) is 0 Å². The number of rotatable bonds is 43. The lowest BCUT2D eigenvalue weighted by Crippen LogP contribution is -2.72. The van der Waals surface area contributed by atoms with Crippen molar-refractivity contribution in [2.45, 2.75) is 267 Å². The SMILES string of the molecule is CC(=O)N[C@H]1[C@@H](O[C@H]2[C@H](O)[C@@H](O)[C@H](O[C@H]3[C@H](OS(=O)(=O)[O-])[C@@H](NS(=O)(=O)[O-])[C@@H](O[C@H]4[C@H](O)[C@@H](OS(=O)(=O)[O-])[C@H](O[C@H]5[C@H](O)[C@@H](NS(=O)(=O)[O-])[C@@H](O[C@H]6[C@H](O)[C@@H](OS(=O)(=O)[O-])[C@H](O[C@H]7[C@H](O)[C@@H](NS(=O)(=O)[O-])C(O)O[C@@H]7COS(=O)(=O)[O-])O[C@H]6C(=O)[O-])O[C@@H]5COS(=O)(=O)[O-])O[C@H]4C(=O)[O-])O[C@@H]3COS(=O)(=O)[O-])O[C@@H]2C(=O)[O-])O[C@H](COS(=O)(=O)[O-])[C@@H](O[C@@H]2OC(C(=O)[O-])[C@@H](C(C)(C)C)[C@H](O)[C@H]2O)[C@@H]1O. The molecule has 8 aliphatic rings. The van der Waals surface area contributed by atoms with E-state index in [9.17, 15) is 225 Å². The number of nitrogens with one attached hydrogen (secondary N) is 4. The Bertz CT molecular complexity index is 5550. The Hall–Kier alpha value is -4.95. The minimum atomic E-state index is -6.90. The topological polar surface area (TPSA) is 1200 Å². The second-order valence-corrected chi connectivity index (χ2v) is 41.5. The van der Waals surface area contributed by atoms with Crippen molar-refractivity contribution in [2.75, 3.05) is 26.4 Å². The first-order valence-electron chi connectivity index (χ1n) is 37.3. The molecule has 0 radical (unpaired) electrons. The summed E-state index contributed by atoms with van der Waals surface area (Å²) in [7, 11) is -64.2. The van der Waals surface area contributed by atoms with Crippen molar-refractivity contribution in [1.82, 2.24) is 19.5 Å². The van der Waals surface area contributed by atoms with Gasteiger partial charge in [0.05, 0.1) is 56.4 Å². The van der Waals surface area contributed by atoms with Crippen molar-refractivity contribution < 1.29 is 326 Å². The van der Waals surface area contributed by atoms with Crippen LogP contribution in [-0.4, -0.2) is 476 Å². The van der Waals surface area contributed by atoms with Gasteiger partial charge in [0.1, 0.15) is 171 Å². The minimum absolute atomic E-state index is 0.643. The smallest absolute Gasteiger partial charge is 0.218 e. The molecule has 0 saturated carbocycles. The molecule has 14 N–H and O–H groups in total. The Kier molecular flexibility index (Phi) is 39.0. The van der Waals surface area contributed by atoms with Gasteiger partial charge in [-0.2, -0.15) is 0 Å². The van der Waals surface area contributed by atoms with Gasteiger partial charge in [-0.3, -0.25) is 34.1 Å². The number of carboxylic acid groups (broad SMARTS) is 4. The van der Waals surface area contributed by atoms with Gasteiger partial charge >= 0.3 is 0 Å². The second kappa shape index (κ2) is 45.4. The number of carbonyl (C=O) groups excluding carboxylic acids is 5. The minimum Gasteiger partial charge on any atom is -0.735 e. The molecular formula is C54H74N4O71S10-14. The van der Waals surface area contributed by atoms with Gasteiger partial charge in [-0.25, -0.2) is 98.3 Å². The van der Waals surface area contributed by atoms with E-state index in [1.807, 2.05) is 5.32 Å². The first kappa shape index (κ1) is 119. The van der Waals surface area contributed by atoms with Crippen LogP contribution in [-0.2, 0) is 228 Å². The van der Waals surface area contributed by atoms with Crippen molar-refractivity contribution in [3.8, 4) is 0 Å². The van der Waals surface area contributed by atoms with E-state index in [4.69, 9.17) is 71.1 Å². The van der Waals surface area contributed by atoms with Gasteiger partial charge in [0, 0.05) is 12.8 Å². The van der Waals surface area contributed by atoms with Crippen LogP contribution in [0, 0.1) is 11.3 Å². The predicted molar refractivity (Wildman–Crippen MR) is 376 cm³/mol. The van der Waals surface area contributed by atoms with E-state index >= 15 is 0 Å². The van der Waals surface area contributed by atoms with E-state index in [0.29, 0.717) is 6.92 Å². The fourth-order valence-electron chi connectivity index (χ4n) is 14.9. The van der Waals surface area contributed by atoms with Gasteiger partial charge in [0.15, 0.2) is 93.4 Å². The lowest BCUT2D eigenvalue weighted by molar-refractivity contribution is -0.394. The molecule has 0 aliphatic carbocycles. The maximum absolute atomic E-state index is 13.3. The third-order valence-corrected chi connectivity index (χ3v) is 25.0. The molecule has 1 amide bonds. The molecule has 8 heterocycles. The molecule has 85 heteroatoms. The Morgan fingerprint density at radius 3 is 0.885 bits per heavy atom. The standard InChI is InChI=1S/C54H88N4O71S10/c1-9(59)55-16-21(62)29(116-50-24(65)19(60)14(54(2,3)4)32(120-50)42(69)70)11(6-109-134(90,91)92)113-47(16)121-34-23(64)25(66)51(124-39(34)43(71)72)119-31-13(8-111-136(96,97)98)115-49(18(58-132(84,85)86)33(31)127-137(99,100)101)123-36-27(68)38(129-139(105,106)107)53(126-41(36)45(75)76)118-30-12(7-110-135(93,94)95)114-48(17(22(30)63)57-131(81,82)83)122-35-26(67)37(128-138(102,103)104)52(125-40(35)44(73)74)117-28-10(5-108-133(87,88)89)112-46(77)15(20(28)61)56-130(78,79)80/h10-41,46-53,56-58,60-68,77H,5-8H2,1-4H3,(H,55,59)(H,69,70)(H,71,72)(H,73,74)(H,75,76)(H,78,79,80)(H,81,82,83)(H,84,85,86)(H,87,88,89)(H,90,91,92)(H,93,94,95)(H,96,97,98)(H,99,100,101)(H,102,103,104)(H,105,106,107)/p-14/t10-,11-,12-,13-,14+,15-,16-,17-,18-,19+,20-,21-,22-,23-,24-,25-,26+,27+,28-,29-,30-,31-,32?,33-,34+,35+,36+,37-,38-,39+,40-,41-,46?,47-,48-,49-,50-,51-,52-,53-/m1/s1. The highest BCUT2D eigenvalue weighted by Gasteiger charge is 2.63. The normalized spacial score (nSPS) is 39.7. The van der Waals surface area contributed by atoms with Crippen LogP contribution >= 0.6 is 0 Å². The maximum Gasteiger partial charge on any atom is 0.218 e. The van der Waals surface area contributed by atoms with Gasteiger partial charge in [-0.1, -0.05) is 20.8 Å². The van der Waals surface area contributed by atoms with Crippen molar-refractivity contribution in [3.63, 3.8) is 0 Å². The predicted octanol–water partition coefficient (Wildman–Crippen LogP) is -27.4. The lowest BCUT2D eigenvalue weighted by Gasteiger charge is -2.52. The molecule has 40 atom stereocenters. The van der Waals surface area contributed by atoms with Crippen molar-refractivity contribution in [1.29, 1.82) is 0 Å². The number of carbonyl (C=O) groups is 5. The maximum atomic E-state index is 13.3. The summed E-state index contributed by atoms with van der Waals surface area (Å²) in [5.41, 5.74) is -1.28. The highest BCUT2D eigenvalue weighted by molar-refractivity contribution is 7.84. The summed E-state index contributed by atoms with van der Waals surface area (Å²) in [5, 5.41) is 169. The molecule has 0 bridgehead atoms. The highest BCUT2D eigenvalue weighted by Crippen LogP contribution is 2.44. The van der Waals surface area contributed by atoms with Crippen LogP contribution in [0.3, 0.4) is 0 Å². The molecule has 8 saturated heterocycles.